The first kappa shape index (κ1) is 20.6. The Kier molecular flexibility index (Phi) is 6.94. The first-order chi connectivity index (χ1) is 13.5. The number of likely N-dealkylation sites (tertiary alicyclic amines) is 1. The van der Waals surface area contributed by atoms with Gasteiger partial charge in [-0.3, -0.25) is 9.59 Å². The average molecular weight is 388 g/mol. The topological polar surface area (TPSA) is 53.1 Å². The monoisotopic (exact) mass is 387 g/mol. The summed E-state index contributed by atoms with van der Waals surface area (Å²) >= 11 is 0. The van der Waals surface area contributed by atoms with Gasteiger partial charge in [-0.2, -0.15) is 0 Å². The van der Waals surface area contributed by atoms with E-state index in [1.54, 1.807) is 24.3 Å². The van der Waals surface area contributed by atoms with E-state index in [0.717, 1.165) is 45.6 Å². The van der Waals surface area contributed by atoms with E-state index < -0.39 is 0 Å². The molecule has 2 unspecified atom stereocenters. The van der Waals surface area contributed by atoms with Crippen LogP contribution >= 0.6 is 0 Å². The van der Waals surface area contributed by atoms with Gasteiger partial charge in [0, 0.05) is 43.8 Å². The number of amides is 2. The van der Waals surface area contributed by atoms with E-state index in [4.69, 9.17) is 4.74 Å². The van der Waals surface area contributed by atoms with E-state index in [9.17, 15) is 9.59 Å². The van der Waals surface area contributed by atoms with Crippen LogP contribution in [0.5, 0.6) is 5.75 Å². The Labute approximate surface area is 168 Å². The highest BCUT2D eigenvalue weighted by atomic mass is 16.5. The zero-order valence-electron chi connectivity index (χ0n) is 17.4. The molecule has 6 heteroatoms. The normalized spacial score (nSPS) is 23.5. The number of hydrogen-bond donors (Lipinski definition) is 0. The maximum Gasteiger partial charge on any atom is 0.260 e. The van der Waals surface area contributed by atoms with Gasteiger partial charge < -0.3 is 19.4 Å². The number of nitrogens with zero attached hydrogens (tertiary/aromatic N) is 3. The van der Waals surface area contributed by atoms with Crippen LogP contribution in [-0.4, -0.2) is 77.9 Å². The van der Waals surface area contributed by atoms with Crippen molar-refractivity contribution in [3.8, 4) is 5.75 Å². The van der Waals surface area contributed by atoms with E-state index in [2.05, 4.69) is 25.7 Å². The lowest BCUT2D eigenvalue weighted by Crippen LogP contribution is -2.49. The van der Waals surface area contributed by atoms with Gasteiger partial charge in [-0.05, 0) is 63.9 Å². The minimum Gasteiger partial charge on any atom is -0.484 e. The van der Waals surface area contributed by atoms with Gasteiger partial charge in [0.05, 0.1) is 0 Å². The third kappa shape index (κ3) is 4.85. The average Bonchev–Trinajstić information content (AvgIpc) is 2.72. The van der Waals surface area contributed by atoms with Crippen LogP contribution in [0.2, 0.25) is 0 Å². The van der Waals surface area contributed by atoms with Crippen molar-refractivity contribution < 1.29 is 14.3 Å². The number of carbonyl (C=O) groups excluding carboxylic acids is 2. The fourth-order valence-electron chi connectivity index (χ4n) is 4.28. The minimum absolute atomic E-state index is 0.0358. The molecule has 0 spiro atoms. The van der Waals surface area contributed by atoms with Gasteiger partial charge in [0.15, 0.2) is 6.61 Å². The lowest BCUT2D eigenvalue weighted by atomic mass is 9.97. The summed E-state index contributed by atoms with van der Waals surface area (Å²) in [5.74, 6) is 0.723. The van der Waals surface area contributed by atoms with Gasteiger partial charge in [0.2, 0.25) is 0 Å². The van der Waals surface area contributed by atoms with Crippen molar-refractivity contribution in [2.45, 2.75) is 52.1 Å². The molecule has 0 aliphatic carbocycles. The van der Waals surface area contributed by atoms with Crippen LogP contribution in [0.15, 0.2) is 24.3 Å². The Morgan fingerprint density at radius 1 is 1.00 bits per heavy atom. The molecule has 0 saturated carbocycles. The molecule has 28 heavy (non-hydrogen) atoms. The van der Waals surface area contributed by atoms with Crippen molar-refractivity contribution in [2.75, 3.05) is 39.3 Å². The number of rotatable bonds is 5. The highest BCUT2D eigenvalue weighted by Gasteiger charge is 2.29. The van der Waals surface area contributed by atoms with Crippen LogP contribution in [0.25, 0.3) is 0 Å². The molecule has 2 aliphatic rings. The summed E-state index contributed by atoms with van der Waals surface area (Å²) in [5.41, 5.74) is 0.668. The highest BCUT2D eigenvalue weighted by molar-refractivity contribution is 5.94. The van der Waals surface area contributed by atoms with E-state index in [1.807, 2.05) is 9.80 Å². The lowest BCUT2D eigenvalue weighted by Gasteiger charge is -2.39. The molecule has 2 aliphatic heterocycles. The molecule has 0 N–H and O–H groups in total. The van der Waals surface area contributed by atoms with Crippen molar-refractivity contribution in [3.63, 3.8) is 0 Å². The van der Waals surface area contributed by atoms with Gasteiger partial charge in [-0.1, -0.05) is 6.92 Å². The molecule has 1 aromatic carbocycles. The Morgan fingerprint density at radius 2 is 1.61 bits per heavy atom. The minimum atomic E-state index is 0.0358. The number of carbonyl (C=O) groups is 2. The van der Waals surface area contributed by atoms with Crippen LogP contribution in [0.4, 0.5) is 0 Å². The van der Waals surface area contributed by atoms with Crippen molar-refractivity contribution in [1.82, 2.24) is 14.7 Å². The van der Waals surface area contributed by atoms with E-state index in [0.29, 0.717) is 11.3 Å². The third-order valence-corrected chi connectivity index (χ3v) is 6.05. The Morgan fingerprint density at radius 3 is 2.18 bits per heavy atom. The van der Waals surface area contributed by atoms with E-state index in [1.165, 1.54) is 6.42 Å². The van der Waals surface area contributed by atoms with Crippen molar-refractivity contribution in [1.29, 1.82) is 0 Å². The summed E-state index contributed by atoms with van der Waals surface area (Å²) in [5, 5.41) is 0. The van der Waals surface area contributed by atoms with E-state index in [-0.39, 0.29) is 30.5 Å². The molecule has 0 radical (unpaired) electrons. The molecule has 3 rings (SSSR count). The summed E-state index contributed by atoms with van der Waals surface area (Å²) < 4.78 is 5.70. The van der Waals surface area contributed by atoms with Crippen molar-refractivity contribution >= 4 is 11.8 Å². The fourth-order valence-corrected chi connectivity index (χ4v) is 4.28. The predicted octanol–water partition coefficient (Wildman–Crippen LogP) is 2.63. The summed E-state index contributed by atoms with van der Waals surface area (Å²) in [6, 6.07) is 7.69. The Hall–Kier alpha value is -2.08. The molecule has 2 saturated heterocycles. The summed E-state index contributed by atoms with van der Waals surface area (Å²) in [6.45, 7) is 10.8. The van der Waals surface area contributed by atoms with Crippen LogP contribution in [0.1, 0.15) is 50.4 Å². The molecule has 2 amide bonds. The lowest BCUT2D eigenvalue weighted by molar-refractivity contribution is -0.139. The van der Waals surface area contributed by atoms with Gasteiger partial charge in [-0.25, -0.2) is 0 Å². The second-order valence-electron chi connectivity index (χ2n) is 7.97. The largest absolute Gasteiger partial charge is 0.484 e. The molecule has 2 fully saturated rings. The molecular formula is C22H33N3O3. The fraction of sp³-hybridized carbons (Fsp3) is 0.636. The van der Waals surface area contributed by atoms with Gasteiger partial charge in [0.25, 0.3) is 11.8 Å². The summed E-state index contributed by atoms with van der Waals surface area (Å²) in [4.78, 5) is 31.4. The molecule has 0 bridgehead atoms. The second-order valence-corrected chi connectivity index (χ2v) is 7.97. The molecular weight excluding hydrogens is 354 g/mol. The van der Waals surface area contributed by atoms with E-state index >= 15 is 0 Å². The van der Waals surface area contributed by atoms with Crippen LogP contribution in [0, 0.1) is 0 Å². The first-order valence-corrected chi connectivity index (χ1v) is 10.5. The predicted molar refractivity (Wildman–Crippen MR) is 110 cm³/mol. The second kappa shape index (κ2) is 9.41. The molecule has 0 aromatic heterocycles. The number of hydrogen-bond acceptors (Lipinski definition) is 4. The van der Waals surface area contributed by atoms with Gasteiger partial charge >= 0.3 is 0 Å². The summed E-state index contributed by atoms with van der Waals surface area (Å²) in [7, 11) is 0. The Bertz CT molecular complexity index is 658. The highest BCUT2D eigenvalue weighted by Crippen LogP contribution is 2.23. The molecule has 2 atom stereocenters. The molecule has 6 nitrogen and oxygen atoms in total. The standard InChI is InChI=1S/C22H33N3O3/c1-4-23-12-14-24(15-13-23)22(27)19-8-10-20(11-9-19)28-16-21(26)25-17(2)6-5-7-18(25)3/h8-11,17-18H,4-7,12-16H2,1-3H3. The number of ether oxygens (including phenoxy) is 1. The SMILES string of the molecule is CCN1CCN(C(=O)c2ccc(OCC(=O)N3C(C)CCCC3C)cc2)CC1. The van der Waals surface area contributed by atoms with Crippen molar-refractivity contribution in [2.24, 2.45) is 0 Å². The maximum atomic E-state index is 12.7. The quantitative estimate of drug-likeness (QED) is 0.779. The molecule has 154 valence electrons. The zero-order chi connectivity index (χ0) is 20.1. The summed E-state index contributed by atoms with van der Waals surface area (Å²) in [6.07, 6.45) is 3.29. The molecule has 2 heterocycles. The number of benzene rings is 1. The van der Waals surface area contributed by atoms with Gasteiger partial charge in [-0.15, -0.1) is 0 Å². The third-order valence-electron chi connectivity index (χ3n) is 6.05. The zero-order valence-corrected chi connectivity index (χ0v) is 17.4. The van der Waals surface area contributed by atoms with Crippen molar-refractivity contribution in [3.05, 3.63) is 29.8 Å². The molecule has 1 aromatic rings. The number of piperazine rings is 1. The maximum absolute atomic E-state index is 12.7. The van der Waals surface area contributed by atoms with Crippen LogP contribution in [0.3, 0.4) is 0 Å². The van der Waals surface area contributed by atoms with Crippen LogP contribution in [-0.2, 0) is 4.79 Å². The smallest absolute Gasteiger partial charge is 0.260 e. The first-order valence-electron chi connectivity index (χ1n) is 10.5. The number of piperidine rings is 1. The van der Waals surface area contributed by atoms with Crippen LogP contribution < -0.4 is 4.74 Å². The number of likely N-dealkylation sites (N-methyl/N-ethyl adjacent to an activating group) is 1. The Balaban J connectivity index is 1.51. The van der Waals surface area contributed by atoms with Gasteiger partial charge in [0.1, 0.15) is 5.75 Å².